The Bertz CT molecular complexity index is 719. The normalized spacial score (nSPS) is 12.9. The van der Waals surface area contributed by atoms with Gasteiger partial charge in [0.15, 0.2) is 15.8 Å². The molecule has 0 atom stereocenters. The Kier molecular flexibility index (Phi) is 8.32. The van der Waals surface area contributed by atoms with Gasteiger partial charge in [-0.2, -0.15) is 13.2 Å². The van der Waals surface area contributed by atoms with Crippen LogP contribution in [0, 0.1) is 5.82 Å². The highest BCUT2D eigenvalue weighted by Crippen LogP contribution is 2.21. The predicted octanol–water partition coefficient (Wildman–Crippen LogP) is 2.77. The van der Waals surface area contributed by atoms with Crippen LogP contribution in [0.25, 0.3) is 0 Å². The fourth-order valence-corrected chi connectivity index (χ4v) is 3.09. The second kappa shape index (κ2) is 9.75. The fourth-order valence-electron chi connectivity index (χ4n) is 2.24. The van der Waals surface area contributed by atoms with Crippen LogP contribution in [0.4, 0.5) is 17.6 Å². The maximum absolute atomic E-state index is 13.5. The van der Waals surface area contributed by atoms with Crippen molar-refractivity contribution in [3.63, 3.8) is 0 Å². The molecule has 0 bridgehead atoms. The number of guanidine groups is 1. The third kappa shape index (κ3) is 9.59. The summed E-state index contributed by atoms with van der Waals surface area (Å²) < 4.78 is 72.6. The summed E-state index contributed by atoms with van der Waals surface area (Å²) in [5, 5.41) is 5.77. The minimum absolute atomic E-state index is 0.00982. The summed E-state index contributed by atoms with van der Waals surface area (Å²) in [6, 6.07) is 3.85. The van der Waals surface area contributed by atoms with Crippen LogP contribution in [0.3, 0.4) is 0 Å². The van der Waals surface area contributed by atoms with E-state index in [-0.39, 0.29) is 18.7 Å². The first-order valence-electron chi connectivity index (χ1n) is 7.96. The Balaban J connectivity index is 2.57. The highest BCUT2D eigenvalue weighted by molar-refractivity contribution is 7.89. The first kappa shape index (κ1) is 22.2. The molecular weight excluding hydrogens is 374 g/mol. The minimum Gasteiger partial charge on any atom is -0.356 e. The summed E-state index contributed by atoms with van der Waals surface area (Å²) in [4.78, 5) is 3.94. The lowest BCUT2D eigenvalue weighted by molar-refractivity contribution is -0.135. The molecule has 0 aliphatic carbocycles. The van der Waals surface area contributed by atoms with E-state index >= 15 is 0 Å². The smallest absolute Gasteiger partial charge is 0.356 e. The second-order valence-corrected chi connectivity index (χ2v) is 8.05. The lowest BCUT2D eigenvalue weighted by Gasteiger charge is -2.14. The molecule has 0 aromatic heterocycles. The molecule has 2 N–H and O–H groups in total. The molecule has 10 heteroatoms. The average molecular weight is 397 g/mol. The number of unbranched alkanes of at least 4 members (excludes halogenated alkanes) is 1. The predicted molar refractivity (Wildman–Crippen MR) is 93.1 cm³/mol. The number of hydrogen-bond acceptors (Lipinski definition) is 3. The zero-order chi connectivity index (χ0) is 19.8. The zero-order valence-electron chi connectivity index (χ0n) is 14.7. The van der Waals surface area contributed by atoms with E-state index < -0.39 is 28.3 Å². The van der Waals surface area contributed by atoms with E-state index in [1.807, 2.05) is 0 Å². The van der Waals surface area contributed by atoms with Crippen LogP contribution in [0.5, 0.6) is 0 Å². The summed E-state index contributed by atoms with van der Waals surface area (Å²) in [5.74, 6) is -0.367. The van der Waals surface area contributed by atoms with Gasteiger partial charge >= 0.3 is 6.18 Å². The third-order valence-electron chi connectivity index (χ3n) is 3.44. The Morgan fingerprint density at radius 1 is 1.15 bits per heavy atom. The molecule has 0 radical (unpaired) electrons. The maximum Gasteiger partial charge on any atom is 0.389 e. The summed E-state index contributed by atoms with van der Waals surface area (Å²) in [5.41, 5.74) is 0.942. The standard InChI is InChI=1S/C16H23F4N3O2S/c1-21-15(22-8-4-3-7-16(18,19)20)23-10-13-9-14(17)6-5-12(13)11-26(2,24)25/h5-6,9H,3-4,7-8,10-11H2,1-2H3,(H2,21,22,23). The van der Waals surface area contributed by atoms with E-state index in [0.717, 1.165) is 6.26 Å². The van der Waals surface area contributed by atoms with E-state index in [2.05, 4.69) is 15.6 Å². The van der Waals surface area contributed by atoms with Gasteiger partial charge in [0.1, 0.15) is 5.82 Å². The Morgan fingerprint density at radius 3 is 2.42 bits per heavy atom. The molecule has 0 amide bonds. The minimum atomic E-state index is -4.16. The van der Waals surface area contributed by atoms with Crippen molar-refractivity contribution in [1.29, 1.82) is 0 Å². The number of rotatable bonds is 8. The lowest BCUT2D eigenvalue weighted by atomic mass is 10.1. The highest BCUT2D eigenvalue weighted by Gasteiger charge is 2.25. The number of alkyl halides is 3. The van der Waals surface area contributed by atoms with Gasteiger partial charge in [-0.15, -0.1) is 0 Å². The van der Waals surface area contributed by atoms with Gasteiger partial charge in [0.2, 0.25) is 0 Å². The molecule has 0 aliphatic heterocycles. The van der Waals surface area contributed by atoms with Gasteiger partial charge in [-0.05, 0) is 36.1 Å². The lowest BCUT2D eigenvalue weighted by Crippen LogP contribution is -2.37. The second-order valence-electron chi connectivity index (χ2n) is 5.91. The van der Waals surface area contributed by atoms with E-state index in [1.165, 1.54) is 25.2 Å². The quantitative estimate of drug-likeness (QED) is 0.306. The number of nitrogens with zero attached hydrogens (tertiary/aromatic N) is 1. The summed E-state index contributed by atoms with van der Waals surface area (Å²) in [6.45, 7) is 0.430. The number of hydrogen-bond donors (Lipinski definition) is 2. The number of benzene rings is 1. The van der Waals surface area contributed by atoms with Gasteiger partial charge in [0.25, 0.3) is 0 Å². The van der Waals surface area contributed by atoms with Crippen molar-refractivity contribution in [2.45, 2.75) is 37.7 Å². The van der Waals surface area contributed by atoms with Crippen molar-refractivity contribution in [3.05, 3.63) is 35.1 Å². The molecule has 0 unspecified atom stereocenters. The molecule has 5 nitrogen and oxygen atoms in total. The molecule has 1 aromatic carbocycles. The summed E-state index contributed by atoms with van der Waals surface area (Å²) >= 11 is 0. The monoisotopic (exact) mass is 397 g/mol. The zero-order valence-corrected chi connectivity index (χ0v) is 15.5. The van der Waals surface area contributed by atoms with Crippen molar-refractivity contribution >= 4 is 15.8 Å². The number of halogens is 4. The van der Waals surface area contributed by atoms with Gasteiger partial charge in [-0.3, -0.25) is 4.99 Å². The van der Waals surface area contributed by atoms with Crippen molar-refractivity contribution < 1.29 is 26.0 Å². The van der Waals surface area contributed by atoms with Gasteiger partial charge in [0.05, 0.1) is 5.75 Å². The Hall–Kier alpha value is -1.84. The van der Waals surface area contributed by atoms with Crippen molar-refractivity contribution in [1.82, 2.24) is 10.6 Å². The number of nitrogens with one attached hydrogen (secondary N) is 2. The summed E-state index contributed by atoms with van der Waals surface area (Å²) in [6.07, 6.45) is -3.57. The molecule has 0 fully saturated rings. The van der Waals surface area contributed by atoms with E-state index in [1.54, 1.807) is 0 Å². The highest BCUT2D eigenvalue weighted by atomic mass is 32.2. The van der Waals surface area contributed by atoms with Gasteiger partial charge in [0, 0.05) is 32.8 Å². The van der Waals surface area contributed by atoms with Gasteiger partial charge in [-0.1, -0.05) is 6.07 Å². The van der Waals surface area contributed by atoms with Crippen LogP contribution in [0.2, 0.25) is 0 Å². The molecule has 26 heavy (non-hydrogen) atoms. The average Bonchev–Trinajstić information content (AvgIpc) is 2.50. The molecule has 0 saturated carbocycles. The topological polar surface area (TPSA) is 70.6 Å². The molecule has 0 aliphatic rings. The van der Waals surface area contributed by atoms with E-state index in [0.29, 0.717) is 30.1 Å². The number of aliphatic imine (C=N–C) groups is 1. The van der Waals surface area contributed by atoms with Crippen LogP contribution < -0.4 is 10.6 Å². The maximum atomic E-state index is 13.5. The Morgan fingerprint density at radius 2 is 1.85 bits per heavy atom. The Labute approximate surface area is 150 Å². The molecule has 0 heterocycles. The SMILES string of the molecule is CN=C(NCCCCC(F)(F)F)NCc1cc(F)ccc1CS(C)(=O)=O. The fraction of sp³-hybridized carbons (Fsp3) is 0.562. The van der Waals surface area contributed by atoms with Crippen LogP contribution >= 0.6 is 0 Å². The van der Waals surface area contributed by atoms with Gasteiger partial charge < -0.3 is 10.6 Å². The first-order chi connectivity index (χ1) is 12.0. The van der Waals surface area contributed by atoms with Crippen molar-refractivity contribution in [2.24, 2.45) is 4.99 Å². The molecule has 0 spiro atoms. The van der Waals surface area contributed by atoms with Crippen LogP contribution in [-0.2, 0) is 22.1 Å². The van der Waals surface area contributed by atoms with Crippen LogP contribution in [0.1, 0.15) is 30.4 Å². The van der Waals surface area contributed by atoms with E-state index in [9.17, 15) is 26.0 Å². The molecule has 1 rings (SSSR count). The third-order valence-corrected chi connectivity index (χ3v) is 4.27. The largest absolute Gasteiger partial charge is 0.389 e. The number of sulfone groups is 1. The summed E-state index contributed by atoms with van der Waals surface area (Å²) in [7, 11) is -1.78. The molecular formula is C16H23F4N3O2S. The van der Waals surface area contributed by atoms with E-state index in [4.69, 9.17) is 0 Å². The molecule has 1 aromatic rings. The van der Waals surface area contributed by atoms with Crippen LogP contribution in [0.15, 0.2) is 23.2 Å². The molecule has 148 valence electrons. The first-order valence-corrected chi connectivity index (χ1v) is 10.0. The van der Waals surface area contributed by atoms with Crippen molar-refractivity contribution in [2.75, 3.05) is 19.8 Å². The van der Waals surface area contributed by atoms with Gasteiger partial charge in [-0.25, -0.2) is 12.8 Å². The molecule has 0 saturated heterocycles. The van der Waals surface area contributed by atoms with Crippen molar-refractivity contribution in [3.8, 4) is 0 Å². The van der Waals surface area contributed by atoms with Crippen LogP contribution in [-0.4, -0.2) is 40.4 Å².